The molecule has 3 aromatic carbocycles. The predicted molar refractivity (Wildman–Crippen MR) is 112 cm³/mol. The topological polar surface area (TPSA) is 75.3 Å². The Hall–Kier alpha value is -3.19. The normalized spacial score (nSPS) is 11.3. The van der Waals surface area contributed by atoms with E-state index in [0.29, 0.717) is 17.2 Å². The number of anilines is 2. The minimum atomic E-state index is -3.97. The summed E-state index contributed by atoms with van der Waals surface area (Å²) in [5.41, 5.74) is 1.94. The standard InChI is InChI=1S/C22H21FN2O3S/c1-15(2)17-6-5-7-18(14-17)24-22(26)16-10-12-19(13-11-16)29(27,28)25-21-9-4-3-8-20(21)23/h3-15,25H,1-2H3,(H,24,26). The van der Waals surface area contributed by atoms with E-state index in [2.05, 4.69) is 23.9 Å². The Morgan fingerprint density at radius 3 is 2.28 bits per heavy atom. The molecule has 0 spiro atoms. The van der Waals surface area contributed by atoms with Crippen molar-refractivity contribution in [2.45, 2.75) is 24.7 Å². The van der Waals surface area contributed by atoms with Gasteiger partial charge in [-0.05, 0) is 60.0 Å². The summed E-state index contributed by atoms with van der Waals surface area (Å²) in [4.78, 5) is 12.4. The van der Waals surface area contributed by atoms with Crippen LogP contribution in [-0.4, -0.2) is 14.3 Å². The Balaban J connectivity index is 1.75. The van der Waals surface area contributed by atoms with Crippen molar-refractivity contribution in [3.05, 3.63) is 89.7 Å². The van der Waals surface area contributed by atoms with Gasteiger partial charge in [-0.3, -0.25) is 9.52 Å². The van der Waals surface area contributed by atoms with Gasteiger partial charge in [0, 0.05) is 11.3 Å². The lowest BCUT2D eigenvalue weighted by molar-refractivity contribution is 0.102. The van der Waals surface area contributed by atoms with Gasteiger partial charge in [-0.1, -0.05) is 38.1 Å². The number of carbonyl (C=O) groups excluding carboxylic acids is 1. The van der Waals surface area contributed by atoms with Crippen molar-refractivity contribution in [1.82, 2.24) is 0 Å². The van der Waals surface area contributed by atoms with E-state index in [9.17, 15) is 17.6 Å². The largest absolute Gasteiger partial charge is 0.322 e. The first-order chi connectivity index (χ1) is 13.8. The second kappa shape index (κ2) is 8.45. The van der Waals surface area contributed by atoms with Crippen molar-refractivity contribution in [3.8, 4) is 0 Å². The lowest BCUT2D eigenvalue weighted by Crippen LogP contribution is -2.15. The van der Waals surface area contributed by atoms with Crippen molar-refractivity contribution in [3.63, 3.8) is 0 Å². The summed E-state index contributed by atoms with van der Waals surface area (Å²) in [5.74, 6) is -0.689. The van der Waals surface area contributed by atoms with Crippen molar-refractivity contribution in [1.29, 1.82) is 0 Å². The molecule has 0 atom stereocenters. The maximum Gasteiger partial charge on any atom is 0.261 e. The zero-order chi connectivity index (χ0) is 21.0. The van der Waals surface area contributed by atoms with Crippen LogP contribution >= 0.6 is 0 Å². The molecule has 29 heavy (non-hydrogen) atoms. The SMILES string of the molecule is CC(C)c1cccc(NC(=O)c2ccc(S(=O)(=O)Nc3ccccc3F)cc2)c1. The molecule has 0 aliphatic rings. The Bertz CT molecular complexity index is 1130. The molecule has 3 aromatic rings. The van der Waals surface area contributed by atoms with E-state index >= 15 is 0 Å². The quantitative estimate of drug-likeness (QED) is 0.598. The van der Waals surface area contributed by atoms with Crippen molar-refractivity contribution in [2.24, 2.45) is 0 Å². The van der Waals surface area contributed by atoms with Crippen LogP contribution in [-0.2, 0) is 10.0 Å². The highest BCUT2D eigenvalue weighted by molar-refractivity contribution is 7.92. The van der Waals surface area contributed by atoms with Gasteiger partial charge in [0.1, 0.15) is 5.82 Å². The summed E-state index contributed by atoms with van der Waals surface area (Å²) in [6, 6.07) is 18.5. The van der Waals surface area contributed by atoms with E-state index in [1.165, 1.54) is 48.5 Å². The highest BCUT2D eigenvalue weighted by atomic mass is 32.2. The van der Waals surface area contributed by atoms with E-state index < -0.39 is 15.8 Å². The third-order valence-electron chi connectivity index (χ3n) is 4.36. The van der Waals surface area contributed by atoms with Crippen LogP contribution in [0, 0.1) is 5.82 Å². The number of sulfonamides is 1. The van der Waals surface area contributed by atoms with Crippen molar-refractivity contribution in [2.75, 3.05) is 10.0 Å². The fourth-order valence-corrected chi connectivity index (χ4v) is 3.78. The monoisotopic (exact) mass is 412 g/mol. The van der Waals surface area contributed by atoms with Crippen LogP contribution < -0.4 is 10.0 Å². The molecule has 0 saturated carbocycles. The summed E-state index contributed by atoms with van der Waals surface area (Å²) in [7, 11) is -3.97. The average Bonchev–Trinajstić information content (AvgIpc) is 2.70. The van der Waals surface area contributed by atoms with Gasteiger partial charge in [0.05, 0.1) is 10.6 Å². The van der Waals surface area contributed by atoms with E-state index in [4.69, 9.17) is 0 Å². The van der Waals surface area contributed by atoms with Crippen molar-refractivity contribution < 1.29 is 17.6 Å². The maximum absolute atomic E-state index is 13.7. The third-order valence-corrected chi connectivity index (χ3v) is 5.74. The number of halogens is 1. The lowest BCUT2D eigenvalue weighted by Gasteiger charge is -2.11. The van der Waals surface area contributed by atoms with Gasteiger partial charge < -0.3 is 5.32 Å². The molecule has 2 N–H and O–H groups in total. The first-order valence-electron chi connectivity index (χ1n) is 9.05. The Kier molecular flexibility index (Phi) is 5.98. The number of hydrogen-bond donors (Lipinski definition) is 2. The summed E-state index contributed by atoms with van der Waals surface area (Å²) >= 11 is 0. The van der Waals surface area contributed by atoms with E-state index in [-0.39, 0.29) is 16.5 Å². The molecule has 5 nitrogen and oxygen atoms in total. The van der Waals surface area contributed by atoms with Gasteiger partial charge >= 0.3 is 0 Å². The van der Waals surface area contributed by atoms with Gasteiger partial charge in [-0.2, -0.15) is 0 Å². The molecule has 150 valence electrons. The first kappa shape index (κ1) is 20.5. The van der Waals surface area contributed by atoms with Gasteiger partial charge in [0.25, 0.3) is 15.9 Å². The zero-order valence-corrected chi connectivity index (χ0v) is 16.8. The Labute approximate surface area is 169 Å². The smallest absolute Gasteiger partial charge is 0.261 e. The summed E-state index contributed by atoms with van der Waals surface area (Å²) in [6.07, 6.45) is 0. The number of rotatable bonds is 6. The van der Waals surface area contributed by atoms with E-state index in [0.717, 1.165) is 5.56 Å². The Morgan fingerprint density at radius 1 is 0.931 bits per heavy atom. The maximum atomic E-state index is 13.7. The van der Waals surface area contributed by atoms with Crippen LogP contribution in [0.3, 0.4) is 0 Å². The molecule has 0 heterocycles. The molecule has 0 aliphatic heterocycles. The summed E-state index contributed by atoms with van der Waals surface area (Å²) in [5, 5.41) is 2.81. The molecule has 7 heteroatoms. The molecule has 0 aromatic heterocycles. The van der Waals surface area contributed by atoms with Gasteiger partial charge in [0.2, 0.25) is 0 Å². The third kappa shape index (κ3) is 5.00. The highest BCUT2D eigenvalue weighted by Crippen LogP contribution is 2.21. The van der Waals surface area contributed by atoms with Crippen LogP contribution in [0.5, 0.6) is 0 Å². The van der Waals surface area contributed by atoms with E-state index in [1.54, 1.807) is 6.07 Å². The van der Waals surface area contributed by atoms with Gasteiger partial charge in [-0.15, -0.1) is 0 Å². The minimum Gasteiger partial charge on any atom is -0.322 e. The molecule has 0 radical (unpaired) electrons. The van der Waals surface area contributed by atoms with Crippen LogP contribution in [0.1, 0.15) is 35.7 Å². The molecule has 0 fully saturated rings. The number of hydrogen-bond acceptors (Lipinski definition) is 3. The molecule has 0 bridgehead atoms. The second-order valence-corrected chi connectivity index (χ2v) is 8.53. The number of nitrogens with one attached hydrogen (secondary N) is 2. The predicted octanol–water partition coefficient (Wildman–Crippen LogP) is 5.00. The van der Waals surface area contributed by atoms with Gasteiger partial charge in [0.15, 0.2) is 0 Å². The molecule has 1 amide bonds. The zero-order valence-electron chi connectivity index (χ0n) is 16.0. The molecule has 0 saturated heterocycles. The average molecular weight is 412 g/mol. The lowest BCUT2D eigenvalue weighted by atomic mass is 10.0. The Morgan fingerprint density at radius 2 is 1.62 bits per heavy atom. The molecular formula is C22H21FN2O3S. The van der Waals surface area contributed by atoms with Crippen molar-refractivity contribution >= 4 is 27.3 Å². The number of carbonyl (C=O) groups is 1. The second-order valence-electron chi connectivity index (χ2n) is 6.84. The van der Waals surface area contributed by atoms with Crippen LogP contribution in [0.2, 0.25) is 0 Å². The summed E-state index contributed by atoms with van der Waals surface area (Å²) in [6.45, 7) is 4.13. The van der Waals surface area contributed by atoms with Gasteiger partial charge in [-0.25, -0.2) is 12.8 Å². The first-order valence-corrected chi connectivity index (χ1v) is 10.5. The van der Waals surface area contributed by atoms with Crippen LogP contribution in [0.15, 0.2) is 77.7 Å². The highest BCUT2D eigenvalue weighted by Gasteiger charge is 2.17. The fourth-order valence-electron chi connectivity index (χ4n) is 2.71. The van der Waals surface area contributed by atoms with E-state index in [1.807, 2.05) is 18.2 Å². The number of para-hydroxylation sites is 1. The molecule has 0 aliphatic carbocycles. The minimum absolute atomic E-state index is 0.0703. The molecule has 3 rings (SSSR count). The van der Waals surface area contributed by atoms with Crippen LogP contribution in [0.25, 0.3) is 0 Å². The fraction of sp³-hybridized carbons (Fsp3) is 0.136. The number of amides is 1. The molecule has 0 unspecified atom stereocenters. The van der Waals surface area contributed by atoms with Crippen LogP contribution in [0.4, 0.5) is 15.8 Å². The number of benzene rings is 3. The summed E-state index contributed by atoms with van der Waals surface area (Å²) < 4.78 is 40.8. The molecular weight excluding hydrogens is 391 g/mol.